The normalized spacial score (nSPS) is 11.3. The highest BCUT2D eigenvalue weighted by molar-refractivity contribution is 8.00. The number of carbonyl (C=O) groups excluding carboxylic acids is 1. The number of aryl methyl sites for hydroxylation is 1. The molecule has 1 aromatic carbocycles. The first-order valence-electron chi connectivity index (χ1n) is 9.33. The Morgan fingerprint density at radius 3 is 2.67 bits per heavy atom. The number of nitrogens with one attached hydrogen (secondary N) is 1. The zero-order chi connectivity index (χ0) is 22.0. The third-order valence-electron chi connectivity index (χ3n) is 4.26. The van der Waals surface area contributed by atoms with Crippen molar-refractivity contribution in [1.82, 2.24) is 19.1 Å². The number of fused-ring (bicyclic) bond motifs is 1. The van der Waals surface area contributed by atoms with E-state index in [0.717, 1.165) is 16.3 Å². The minimum Gasteiger partial charge on any atom is -0.325 e. The maximum absolute atomic E-state index is 12.8. The Balaban J connectivity index is 1.98. The first kappa shape index (κ1) is 22.0. The van der Waals surface area contributed by atoms with Crippen molar-refractivity contribution in [2.75, 3.05) is 11.1 Å². The average molecular weight is 448 g/mol. The molecule has 0 spiro atoms. The van der Waals surface area contributed by atoms with Gasteiger partial charge in [-0.05, 0) is 31.0 Å². The van der Waals surface area contributed by atoms with E-state index in [1.165, 1.54) is 11.6 Å². The van der Waals surface area contributed by atoms with E-state index in [0.29, 0.717) is 33.8 Å². The molecule has 10 heteroatoms. The van der Waals surface area contributed by atoms with Gasteiger partial charge in [-0.15, -0.1) is 0 Å². The Labute approximate surface area is 182 Å². The molecule has 1 N–H and O–H groups in total. The number of anilines is 1. The number of benzene rings is 1. The van der Waals surface area contributed by atoms with Gasteiger partial charge in [0.05, 0.1) is 5.75 Å². The van der Waals surface area contributed by atoms with E-state index in [1.54, 1.807) is 31.2 Å². The van der Waals surface area contributed by atoms with Crippen LogP contribution in [0.1, 0.15) is 19.7 Å². The lowest BCUT2D eigenvalue weighted by molar-refractivity contribution is -0.113. The van der Waals surface area contributed by atoms with Crippen molar-refractivity contribution >= 4 is 46.0 Å². The Morgan fingerprint density at radius 2 is 2.00 bits per heavy atom. The van der Waals surface area contributed by atoms with E-state index in [-0.39, 0.29) is 23.0 Å². The lowest BCUT2D eigenvalue weighted by Gasteiger charge is -2.15. The molecule has 8 nitrogen and oxygen atoms in total. The van der Waals surface area contributed by atoms with Gasteiger partial charge in [0.1, 0.15) is 16.2 Å². The molecule has 158 valence electrons. The van der Waals surface area contributed by atoms with E-state index in [2.05, 4.69) is 15.3 Å². The van der Waals surface area contributed by atoms with Gasteiger partial charge in [-0.3, -0.25) is 18.7 Å². The maximum atomic E-state index is 12.8. The number of amides is 1. The van der Waals surface area contributed by atoms with E-state index in [4.69, 9.17) is 11.6 Å². The molecule has 2 heterocycles. The van der Waals surface area contributed by atoms with Crippen molar-refractivity contribution < 1.29 is 4.79 Å². The van der Waals surface area contributed by atoms with Crippen molar-refractivity contribution in [2.45, 2.75) is 32.3 Å². The molecule has 0 atom stereocenters. The summed E-state index contributed by atoms with van der Waals surface area (Å²) >= 11 is 7.07. The van der Waals surface area contributed by atoms with Crippen LogP contribution in [0.3, 0.4) is 0 Å². The van der Waals surface area contributed by atoms with Crippen LogP contribution < -0.4 is 16.6 Å². The van der Waals surface area contributed by atoms with Gasteiger partial charge in [0, 0.05) is 24.3 Å². The molecule has 0 fully saturated rings. The minimum absolute atomic E-state index is 0.0323. The molecule has 0 aliphatic heterocycles. The number of nitrogens with zero attached hydrogens (tertiary/aromatic N) is 4. The summed E-state index contributed by atoms with van der Waals surface area (Å²) in [6.07, 6.45) is 0. The highest BCUT2D eigenvalue weighted by Crippen LogP contribution is 2.23. The van der Waals surface area contributed by atoms with Crippen molar-refractivity contribution in [3.8, 4) is 0 Å². The molecule has 30 heavy (non-hydrogen) atoms. The van der Waals surface area contributed by atoms with Crippen molar-refractivity contribution in [3.05, 3.63) is 56.0 Å². The van der Waals surface area contributed by atoms with Crippen LogP contribution in [0.25, 0.3) is 11.0 Å². The average Bonchev–Trinajstić information content (AvgIpc) is 2.67. The summed E-state index contributed by atoms with van der Waals surface area (Å²) in [5, 5.41) is 3.89. The summed E-state index contributed by atoms with van der Waals surface area (Å²) in [5.74, 6) is 0.368. The molecule has 3 rings (SSSR count). The monoisotopic (exact) mass is 447 g/mol. The minimum atomic E-state index is -0.479. The van der Waals surface area contributed by atoms with Crippen LogP contribution in [0.2, 0.25) is 5.02 Å². The van der Waals surface area contributed by atoms with Gasteiger partial charge in [-0.2, -0.15) is 0 Å². The number of hydrogen-bond donors (Lipinski definition) is 1. The fraction of sp³-hybridized carbons (Fsp3) is 0.350. The lowest BCUT2D eigenvalue weighted by Crippen LogP contribution is -2.39. The second kappa shape index (κ2) is 9.01. The number of carbonyl (C=O) groups is 1. The second-order valence-corrected chi connectivity index (χ2v) is 8.67. The third kappa shape index (κ3) is 4.73. The van der Waals surface area contributed by atoms with Crippen LogP contribution in [0.15, 0.2) is 38.9 Å². The van der Waals surface area contributed by atoms with Gasteiger partial charge in [-0.25, -0.2) is 14.8 Å². The highest BCUT2D eigenvalue weighted by Gasteiger charge is 2.19. The van der Waals surface area contributed by atoms with Crippen LogP contribution >= 0.6 is 23.4 Å². The van der Waals surface area contributed by atoms with Crippen molar-refractivity contribution in [2.24, 2.45) is 13.0 Å². The van der Waals surface area contributed by atoms with Crippen LogP contribution in [0.4, 0.5) is 5.69 Å². The molecule has 0 saturated heterocycles. The summed E-state index contributed by atoms with van der Waals surface area (Å²) in [6, 6.07) is 6.84. The topological polar surface area (TPSA) is 98.9 Å². The van der Waals surface area contributed by atoms with E-state index >= 15 is 0 Å². The number of aromatic nitrogens is 4. The maximum Gasteiger partial charge on any atom is 0.332 e. The summed E-state index contributed by atoms with van der Waals surface area (Å²) in [5.41, 5.74) is -0.0257. The second-order valence-electron chi connectivity index (χ2n) is 7.27. The number of rotatable bonds is 6. The lowest BCUT2D eigenvalue weighted by atomic mass is 10.2. The Kier molecular flexibility index (Phi) is 6.62. The molecule has 0 saturated carbocycles. The van der Waals surface area contributed by atoms with Gasteiger partial charge in [0.25, 0.3) is 5.56 Å². The van der Waals surface area contributed by atoms with Crippen LogP contribution in [-0.2, 0) is 18.4 Å². The molecule has 0 unspecified atom stereocenters. The molecule has 0 aliphatic rings. The van der Waals surface area contributed by atoms with Crippen LogP contribution in [-0.4, -0.2) is 30.8 Å². The fourth-order valence-electron chi connectivity index (χ4n) is 2.97. The number of thioether (sulfide) groups is 1. The van der Waals surface area contributed by atoms with E-state index in [9.17, 15) is 14.4 Å². The summed E-state index contributed by atoms with van der Waals surface area (Å²) in [6.45, 7) is 6.07. The molecular formula is C20H22ClN5O3S. The Morgan fingerprint density at radius 1 is 1.27 bits per heavy atom. The fourth-order valence-corrected chi connectivity index (χ4v) is 4.02. The molecule has 3 aromatic rings. The van der Waals surface area contributed by atoms with Gasteiger partial charge in [0.15, 0.2) is 5.65 Å². The SMILES string of the molecule is Cc1nc(SCC(=O)Nc2cccc(Cl)c2)c2c(=O)n(C)c(=O)n(CC(C)C)c2n1. The van der Waals surface area contributed by atoms with E-state index in [1.807, 2.05) is 13.8 Å². The molecular weight excluding hydrogens is 426 g/mol. The predicted octanol–water partition coefficient (Wildman–Crippen LogP) is 2.84. The summed E-state index contributed by atoms with van der Waals surface area (Å²) < 4.78 is 2.55. The summed E-state index contributed by atoms with van der Waals surface area (Å²) in [7, 11) is 1.43. The first-order chi connectivity index (χ1) is 14.2. The van der Waals surface area contributed by atoms with E-state index < -0.39 is 11.2 Å². The molecule has 2 aromatic heterocycles. The number of hydrogen-bond acceptors (Lipinski definition) is 6. The van der Waals surface area contributed by atoms with Gasteiger partial charge in [0.2, 0.25) is 5.91 Å². The quantitative estimate of drug-likeness (QED) is 0.460. The predicted molar refractivity (Wildman–Crippen MR) is 119 cm³/mol. The van der Waals surface area contributed by atoms with Crippen LogP contribution in [0.5, 0.6) is 0 Å². The molecule has 1 amide bonds. The third-order valence-corrected chi connectivity index (χ3v) is 5.47. The standard InChI is InChI=1S/C20H22ClN5O3S/c1-11(2)9-26-17-16(19(28)25(4)20(26)29)18(23-12(3)22-17)30-10-15(27)24-14-7-5-6-13(21)8-14/h5-8,11H,9-10H2,1-4H3,(H,24,27). The molecule has 0 aliphatic carbocycles. The zero-order valence-corrected chi connectivity index (χ0v) is 18.7. The smallest absolute Gasteiger partial charge is 0.325 e. The van der Waals surface area contributed by atoms with Crippen LogP contribution in [0, 0.1) is 12.8 Å². The number of halogens is 1. The summed E-state index contributed by atoms with van der Waals surface area (Å²) in [4.78, 5) is 46.6. The Bertz CT molecular complexity index is 1240. The largest absolute Gasteiger partial charge is 0.332 e. The molecule has 0 bridgehead atoms. The van der Waals surface area contributed by atoms with Gasteiger partial charge in [-0.1, -0.05) is 43.3 Å². The van der Waals surface area contributed by atoms with Crippen molar-refractivity contribution in [3.63, 3.8) is 0 Å². The first-order valence-corrected chi connectivity index (χ1v) is 10.7. The Hall–Kier alpha value is -2.65. The van der Waals surface area contributed by atoms with Gasteiger partial charge < -0.3 is 5.32 Å². The van der Waals surface area contributed by atoms with Crippen molar-refractivity contribution in [1.29, 1.82) is 0 Å². The molecule has 0 radical (unpaired) electrons. The highest BCUT2D eigenvalue weighted by atomic mass is 35.5. The zero-order valence-electron chi connectivity index (χ0n) is 17.1. The van der Waals surface area contributed by atoms with Gasteiger partial charge >= 0.3 is 5.69 Å².